The molecule has 0 aliphatic rings. The van der Waals surface area contributed by atoms with Crippen LogP contribution in [0.3, 0.4) is 0 Å². The van der Waals surface area contributed by atoms with E-state index in [1.54, 1.807) is 0 Å². The molecule has 0 amide bonds. The van der Waals surface area contributed by atoms with E-state index in [0.717, 1.165) is 0 Å². The Balaban J connectivity index is -0.000000000333. The van der Waals surface area contributed by atoms with E-state index in [0.29, 0.717) is 0 Å². The minimum atomic E-state index is 0. The Morgan fingerprint density at radius 3 is 1.12 bits per heavy atom. The van der Waals surface area contributed by atoms with Crippen molar-refractivity contribution in [2.75, 3.05) is 0 Å². The van der Waals surface area contributed by atoms with Crippen LogP contribution < -0.4 is 0 Å². The summed E-state index contributed by atoms with van der Waals surface area (Å²) >= 11 is 1.94. The molecule has 0 bridgehead atoms. The van der Waals surface area contributed by atoms with Crippen LogP contribution in [-0.4, -0.2) is 27.0 Å². The second-order valence-electron chi connectivity index (χ2n) is 0. The van der Waals surface area contributed by atoms with Crippen molar-refractivity contribution in [2.24, 2.45) is 0 Å². The van der Waals surface area contributed by atoms with Crippen LogP contribution in [0.2, 0.25) is 0 Å². The number of hydrogen-bond acceptors (Lipinski definition) is 1. The van der Waals surface area contributed by atoms with E-state index in [2.05, 4.69) is 0 Å². The van der Waals surface area contributed by atoms with Gasteiger partial charge in [0.2, 0.25) is 0 Å². The van der Waals surface area contributed by atoms with Gasteiger partial charge in [-0.05, 0) is 0 Å². The van der Waals surface area contributed by atoms with Crippen molar-refractivity contribution in [2.45, 2.75) is 0 Å². The normalized spacial score (nSPS) is 0.750. The van der Waals surface area contributed by atoms with E-state index in [1.165, 1.54) is 0 Å². The predicted molar refractivity (Wildman–Crippen MR) is 15.8 cm³/mol. The first kappa shape index (κ1) is 66.1. The average molecular weight is 359 g/mol. The first-order chi connectivity index (χ1) is 1.00. The van der Waals surface area contributed by atoms with Crippen LogP contribution in [0.5, 0.6) is 0 Å². The molecule has 0 aromatic carbocycles. The van der Waals surface area contributed by atoms with Gasteiger partial charge in [-0.15, -0.1) is 0 Å². The van der Waals surface area contributed by atoms with Gasteiger partial charge in [0.25, 0.3) is 0 Å². The van der Waals surface area contributed by atoms with Crippen molar-refractivity contribution in [1.82, 2.24) is 0 Å². The molecule has 0 aliphatic heterocycles. The fraction of sp³-hybridized carbons (Fsp3) is 0. The first-order valence-corrected chi connectivity index (χ1v) is 0.697. The fourth-order valence-electron chi connectivity index (χ4n) is 0. The van der Waals surface area contributed by atoms with Gasteiger partial charge < -0.3 is 5.48 Å². The molecule has 0 heterocycles. The molecule has 0 saturated heterocycles. The molecule has 0 aromatic rings. The van der Waals surface area contributed by atoms with E-state index in [4.69, 9.17) is 4.19 Å². The number of hydrogen-bond donors (Lipinski definition) is 1. The minimum absolute atomic E-state index is 0. The Morgan fingerprint density at radius 2 is 1.12 bits per heavy atom. The molecule has 8 heteroatoms. The fourth-order valence-corrected chi connectivity index (χ4v) is 0. The predicted octanol–water partition coefficient (Wildman–Crippen LogP) is -2.58. The number of rotatable bonds is 0. The van der Waals surface area contributed by atoms with Crippen LogP contribution in [0.15, 0.2) is 0 Å². The second kappa shape index (κ2) is 84.5. The monoisotopic (exact) mass is 356 g/mol. The zero-order chi connectivity index (χ0) is 2.00. The summed E-state index contributed by atoms with van der Waals surface area (Å²) in [5.41, 5.74) is 0. The van der Waals surface area contributed by atoms with Gasteiger partial charge in [-0.3, -0.25) is 0 Å². The van der Waals surface area contributed by atoms with Gasteiger partial charge in [0, 0.05) is 71.6 Å². The van der Waals surface area contributed by atoms with Crippen molar-refractivity contribution < 1.29 is 97.6 Å². The molecule has 3 N–H and O–H groups in total. The molecule has 56 valence electrons. The third kappa shape index (κ3) is 60.5. The Morgan fingerprint density at radius 1 is 1.12 bits per heavy atom. The molecule has 0 fully saturated rings. The van der Waals surface area contributed by atoms with Gasteiger partial charge in [-0.2, -0.15) is 0 Å². The third-order valence-corrected chi connectivity index (χ3v) is 0. The maximum atomic E-state index is 6.81. The summed E-state index contributed by atoms with van der Waals surface area (Å²) < 4.78 is 6.81. The summed E-state index contributed by atoms with van der Waals surface area (Å²) in [6.45, 7) is 0. The van der Waals surface area contributed by atoms with Gasteiger partial charge in [0.1, 0.15) is 0 Å². The molecule has 8 heavy (non-hydrogen) atoms. The molecule has 0 unspecified atom stereocenters. The summed E-state index contributed by atoms with van der Waals surface area (Å²) in [6, 6.07) is 0. The topological polar surface area (TPSA) is 51.7 Å². The summed E-state index contributed by atoms with van der Waals surface area (Å²) in [6.07, 6.45) is 0. The van der Waals surface area contributed by atoms with Crippen LogP contribution in [0.4, 0.5) is 0 Å². The Labute approximate surface area is 113 Å². The van der Waals surface area contributed by atoms with Crippen molar-refractivity contribution >= 4 is 17.4 Å². The van der Waals surface area contributed by atoms with Gasteiger partial charge in [-0.25, -0.2) is 0 Å². The summed E-state index contributed by atoms with van der Waals surface area (Å²) in [5, 5.41) is 0. The molecule has 0 aromatic heterocycles. The molecule has 2 nitrogen and oxygen atoms in total. The van der Waals surface area contributed by atoms with Crippen molar-refractivity contribution in [3.05, 3.63) is 0 Å². The molecular weight excluding hydrogens is 352 g/mol. The summed E-state index contributed by atoms with van der Waals surface area (Å²) in [7, 11) is 0. The van der Waals surface area contributed by atoms with Crippen LogP contribution in [0.1, 0.15) is 0 Å². The van der Waals surface area contributed by atoms with Crippen molar-refractivity contribution in [1.29, 1.82) is 0 Å². The Hall–Kier alpha value is 3.19. The Bertz CT molecular complexity index is 22.0. The third-order valence-electron chi connectivity index (χ3n) is 0. The SMILES string of the molecule is O.[AlH3].[Cu].[Ni].[OH][Mn].[V].[Zn]. The van der Waals surface area contributed by atoms with E-state index in [9.17, 15) is 0 Å². The van der Waals surface area contributed by atoms with E-state index in [1.807, 2.05) is 16.3 Å². The second-order valence-corrected chi connectivity index (χ2v) is 0. The molecule has 0 aliphatic carbocycles. The summed E-state index contributed by atoms with van der Waals surface area (Å²) in [5.74, 6) is 0. The smallest absolute Gasteiger partial charge is 0 e. The quantitative estimate of drug-likeness (QED) is 0.475. The maximum Gasteiger partial charge on any atom is 0 e. The zero-order valence-corrected chi connectivity index (χ0v) is 10.6. The maximum absolute atomic E-state index is 6.81. The molecule has 0 atom stereocenters. The Kier molecular flexibility index (Phi) is 699. The standard InChI is InChI=1S/Al.Cu.Mn.Ni.2H2O.V.Zn.3H/h;;;;2*1H2;;;;;/q;;+1;;;;;;;;/p-1. The van der Waals surface area contributed by atoms with E-state index in [-0.39, 0.29) is 94.4 Å². The largest absolute Gasteiger partial charge is 0 e. The molecule has 0 saturated carbocycles. The molecular formula is H6AlCuMnNiO2VZn. The van der Waals surface area contributed by atoms with Gasteiger partial charge in [-0.1, -0.05) is 0 Å². The molecule has 0 rings (SSSR count). The zero-order valence-electron chi connectivity index (χ0n) is 3.10. The van der Waals surface area contributed by atoms with Gasteiger partial charge >= 0.3 is 20.5 Å². The minimum Gasteiger partial charge on any atom is 0 e. The van der Waals surface area contributed by atoms with Gasteiger partial charge in [0.15, 0.2) is 17.4 Å². The van der Waals surface area contributed by atoms with Crippen LogP contribution >= 0.6 is 0 Å². The van der Waals surface area contributed by atoms with Crippen LogP contribution in [0.25, 0.3) is 0 Å². The van der Waals surface area contributed by atoms with Crippen molar-refractivity contribution in [3.8, 4) is 0 Å². The van der Waals surface area contributed by atoms with Crippen molar-refractivity contribution in [3.63, 3.8) is 0 Å². The van der Waals surface area contributed by atoms with Crippen LogP contribution in [0, 0.1) is 0 Å². The molecule has 2 radical (unpaired) electrons. The summed E-state index contributed by atoms with van der Waals surface area (Å²) in [4.78, 5) is 0. The van der Waals surface area contributed by atoms with E-state index < -0.39 is 0 Å². The van der Waals surface area contributed by atoms with Gasteiger partial charge in [0.05, 0.1) is 0 Å². The van der Waals surface area contributed by atoms with Crippen LogP contribution in [-0.2, 0) is 87.9 Å². The molecule has 0 spiro atoms. The first-order valence-electron chi connectivity index (χ1n) is 0.169. The van der Waals surface area contributed by atoms with E-state index >= 15 is 0 Å². The average Bonchev–Trinajstić information content (AvgIpc) is 1.00.